The monoisotopic (exact) mass is 329 g/mol. The summed E-state index contributed by atoms with van der Waals surface area (Å²) in [5.74, 6) is 5.29. The highest BCUT2D eigenvalue weighted by Crippen LogP contribution is 2.11. The Bertz CT molecular complexity index is 215. The van der Waals surface area contributed by atoms with E-state index in [0.29, 0.717) is 0 Å². The zero-order valence-corrected chi connectivity index (χ0v) is 15.9. The molecule has 0 spiro atoms. The Labute approximate surface area is 145 Å². The molecule has 1 atom stereocenters. The predicted molar refractivity (Wildman–Crippen MR) is 101 cm³/mol. The van der Waals surface area contributed by atoms with Gasteiger partial charge < -0.3 is 0 Å². The summed E-state index contributed by atoms with van der Waals surface area (Å²) in [6.45, 7) is 6.19. The summed E-state index contributed by atoms with van der Waals surface area (Å²) >= 11 is 0. The fraction of sp³-hybridized carbons (Fsp3) is 1.00. The standard InChI is InChI=1S/C19H43N3O/c1-3-5-6-7-8-9-10-11-12-13-14-15-17-22-23-19(4-2)16-18-21-20/h19,21-22H,3-18,20H2,1-2H3. The minimum atomic E-state index is 0.267. The van der Waals surface area contributed by atoms with Crippen molar-refractivity contribution in [3.05, 3.63) is 0 Å². The van der Waals surface area contributed by atoms with E-state index in [9.17, 15) is 0 Å². The third-order valence-electron chi connectivity index (χ3n) is 4.45. The lowest BCUT2D eigenvalue weighted by atomic mass is 10.1. The summed E-state index contributed by atoms with van der Waals surface area (Å²) in [4.78, 5) is 5.65. The minimum absolute atomic E-state index is 0.267. The van der Waals surface area contributed by atoms with E-state index in [0.717, 1.165) is 25.9 Å². The normalized spacial score (nSPS) is 12.7. The van der Waals surface area contributed by atoms with Gasteiger partial charge in [-0.25, -0.2) is 5.48 Å². The van der Waals surface area contributed by atoms with E-state index in [2.05, 4.69) is 24.8 Å². The van der Waals surface area contributed by atoms with Crippen molar-refractivity contribution < 1.29 is 4.84 Å². The van der Waals surface area contributed by atoms with E-state index in [4.69, 9.17) is 10.7 Å². The van der Waals surface area contributed by atoms with Gasteiger partial charge in [-0.2, -0.15) is 0 Å². The van der Waals surface area contributed by atoms with Gasteiger partial charge in [-0.05, 0) is 19.3 Å². The van der Waals surface area contributed by atoms with Crippen molar-refractivity contribution in [2.75, 3.05) is 13.1 Å². The maximum atomic E-state index is 5.65. The lowest BCUT2D eigenvalue weighted by Crippen LogP contribution is -2.30. The predicted octanol–water partition coefficient (Wildman–Crippen LogP) is 4.84. The van der Waals surface area contributed by atoms with Crippen LogP contribution in [-0.4, -0.2) is 19.2 Å². The molecule has 1 unspecified atom stereocenters. The molecule has 4 heteroatoms. The summed E-state index contributed by atoms with van der Waals surface area (Å²) in [6.07, 6.45) is 18.9. The van der Waals surface area contributed by atoms with Crippen LogP contribution in [0.3, 0.4) is 0 Å². The van der Waals surface area contributed by atoms with Crippen LogP contribution in [0.4, 0.5) is 0 Å². The van der Waals surface area contributed by atoms with Crippen LogP contribution in [0.25, 0.3) is 0 Å². The molecule has 0 amide bonds. The number of rotatable bonds is 19. The summed E-state index contributed by atoms with van der Waals surface area (Å²) in [5.41, 5.74) is 5.79. The topological polar surface area (TPSA) is 59.3 Å². The van der Waals surface area contributed by atoms with Gasteiger partial charge in [-0.3, -0.25) is 16.1 Å². The summed E-state index contributed by atoms with van der Waals surface area (Å²) in [6, 6.07) is 0. The molecule has 0 rings (SSSR count). The van der Waals surface area contributed by atoms with Crippen molar-refractivity contribution in [2.24, 2.45) is 5.84 Å². The van der Waals surface area contributed by atoms with E-state index in [1.807, 2.05) is 0 Å². The van der Waals surface area contributed by atoms with Crippen LogP contribution in [0.2, 0.25) is 0 Å². The SMILES string of the molecule is CCCCCCCCCCCCCCNOC(CC)CCNN. The van der Waals surface area contributed by atoms with Gasteiger partial charge in [0.05, 0.1) is 6.10 Å². The Kier molecular flexibility index (Phi) is 19.7. The van der Waals surface area contributed by atoms with E-state index in [1.165, 1.54) is 77.0 Å². The maximum Gasteiger partial charge on any atom is 0.0800 e. The van der Waals surface area contributed by atoms with Crippen molar-refractivity contribution in [1.82, 2.24) is 10.9 Å². The largest absolute Gasteiger partial charge is 0.298 e. The molecule has 0 aliphatic carbocycles. The molecule has 0 saturated carbocycles. The Morgan fingerprint density at radius 1 is 0.739 bits per heavy atom. The van der Waals surface area contributed by atoms with Crippen molar-refractivity contribution in [1.29, 1.82) is 0 Å². The fourth-order valence-corrected chi connectivity index (χ4v) is 2.81. The van der Waals surface area contributed by atoms with Gasteiger partial charge >= 0.3 is 0 Å². The highest BCUT2D eigenvalue weighted by Gasteiger charge is 2.05. The average molecular weight is 330 g/mol. The van der Waals surface area contributed by atoms with E-state index in [-0.39, 0.29) is 6.10 Å². The van der Waals surface area contributed by atoms with Gasteiger partial charge in [0.1, 0.15) is 0 Å². The Balaban J connectivity index is 3.12. The Morgan fingerprint density at radius 3 is 1.74 bits per heavy atom. The molecule has 0 aliphatic heterocycles. The number of nitrogens with one attached hydrogen (secondary N) is 2. The molecule has 0 saturated heterocycles. The van der Waals surface area contributed by atoms with Crippen LogP contribution in [0.5, 0.6) is 0 Å². The highest BCUT2D eigenvalue weighted by molar-refractivity contribution is 4.55. The molecule has 140 valence electrons. The van der Waals surface area contributed by atoms with Crippen molar-refractivity contribution in [2.45, 2.75) is 110 Å². The first-order chi connectivity index (χ1) is 11.3. The zero-order valence-electron chi connectivity index (χ0n) is 15.9. The van der Waals surface area contributed by atoms with Gasteiger partial charge in [0.25, 0.3) is 0 Å². The number of hydroxylamine groups is 1. The third-order valence-corrected chi connectivity index (χ3v) is 4.45. The van der Waals surface area contributed by atoms with Gasteiger partial charge in [0, 0.05) is 13.1 Å². The molecule has 0 aromatic rings. The first kappa shape index (κ1) is 22.8. The second kappa shape index (κ2) is 19.9. The van der Waals surface area contributed by atoms with Gasteiger partial charge in [0.15, 0.2) is 0 Å². The van der Waals surface area contributed by atoms with Gasteiger partial charge in [-0.1, -0.05) is 84.5 Å². The minimum Gasteiger partial charge on any atom is -0.298 e. The molecule has 0 fully saturated rings. The smallest absolute Gasteiger partial charge is 0.0800 e. The zero-order chi connectivity index (χ0) is 17.0. The molecule has 4 nitrogen and oxygen atoms in total. The average Bonchev–Trinajstić information content (AvgIpc) is 2.57. The first-order valence-corrected chi connectivity index (χ1v) is 10.2. The van der Waals surface area contributed by atoms with E-state index >= 15 is 0 Å². The van der Waals surface area contributed by atoms with Crippen LogP contribution < -0.4 is 16.7 Å². The van der Waals surface area contributed by atoms with E-state index < -0.39 is 0 Å². The van der Waals surface area contributed by atoms with Gasteiger partial charge in [-0.15, -0.1) is 0 Å². The molecule has 23 heavy (non-hydrogen) atoms. The van der Waals surface area contributed by atoms with Crippen LogP contribution in [0.1, 0.15) is 104 Å². The molecule has 0 radical (unpaired) electrons. The molecule has 0 aromatic heterocycles. The maximum absolute atomic E-state index is 5.65. The number of nitrogens with two attached hydrogens (primary N) is 1. The number of hydrogen-bond acceptors (Lipinski definition) is 4. The van der Waals surface area contributed by atoms with Crippen molar-refractivity contribution >= 4 is 0 Å². The third kappa shape index (κ3) is 18.0. The van der Waals surface area contributed by atoms with Gasteiger partial charge in [0.2, 0.25) is 0 Å². The summed E-state index contributed by atoms with van der Waals surface area (Å²) in [5, 5.41) is 0. The first-order valence-electron chi connectivity index (χ1n) is 10.2. The van der Waals surface area contributed by atoms with Crippen LogP contribution in [0, 0.1) is 0 Å². The van der Waals surface area contributed by atoms with Crippen LogP contribution in [0.15, 0.2) is 0 Å². The molecule has 0 bridgehead atoms. The summed E-state index contributed by atoms with van der Waals surface area (Å²) < 4.78 is 0. The number of hydrogen-bond donors (Lipinski definition) is 3. The Hall–Kier alpha value is -0.160. The number of unbranched alkanes of at least 4 members (excludes halogenated alkanes) is 11. The molecular weight excluding hydrogens is 286 g/mol. The van der Waals surface area contributed by atoms with Crippen molar-refractivity contribution in [3.8, 4) is 0 Å². The Morgan fingerprint density at radius 2 is 1.26 bits per heavy atom. The lowest BCUT2D eigenvalue weighted by molar-refractivity contribution is -0.0305. The van der Waals surface area contributed by atoms with Crippen LogP contribution >= 0.6 is 0 Å². The molecule has 0 aromatic carbocycles. The fourth-order valence-electron chi connectivity index (χ4n) is 2.81. The van der Waals surface area contributed by atoms with E-state index in [1.54, 1.807) is 0 Å². The molecular formula is C19H43N3O. The van der Waals surface area contributed by atoms with Crippen molar-refractivity contribution in [3.63, 3.8) is 0 Å². The quantitative estimate of drug-likeness (QED) is 0.180. The summed E-state index contributed by atoms with van der Waals surface area (Å²) in [7, 11) is 0. The van der Waals surface area contributed by atoms with Crippen LogP contribution in [-0.2, 0) is 4.84 Å². The lowest BCUT2D eigenvalue weighted by Gasteiger charge is -2.15. The highest BCUT2D eigenvalue weighted by atomic mass is 16.7. The molecule has 4 N–H and O–H groups in total. The molecule has 0 heterocycles. The molecule has 0 aliphatic rings. The second-order valence-corrected chi connectivity index (χ2v) is 6.67. The second-order valence-electron chi connectivity index (χ2n) is 6.67. The number of hydrazine groups is 1.